The van der Waals surface area contributed by atoms with Crippen molar-refractivity contribution in [3.05, 3.63) is 0 Å². The standard InChI is InChI=1S/C15H28N2O2/c16-15(8-4-1-5-9-15)10-14(19)17-11-12-6-2-3-7-13(12)18/h12-13,18H,1-11,16H2,(H,17,19). The van der Waals surface area contributed by atoms with Crippen molar-refractivity contribution in [2.45, 2.75) is 75.9 Å². The second kappa shape index (κ2) is 6.71. The molecule has 2 rings (SSSR count). The van der Waals surface area contributed by atoms with E-state index in [9.17, 15) is 9.90 Å². The Hall–Kier alpha value is -0.610. The van der Waals surface area contributed by atoms with Crippen molar-refractivity contribution < 1.29 is 9.90 Å². The average Bonchev–Trinajstić information content (AvgIpc) is 2.38. The smallest absolute Gasteiger partial charge is 0.221 e. The molecular formula is C15H28N2O2. The lowest BCUT2D eigenvalue weighted by Gasteiger charge is -2.33. The number of nitrogens with two attached hydrogens (primary N) is 1. The topological polar surface area (TPSA) is 75.4 Å². The Bertz CT molecular complexity index is 301. The largest absolute Gasteiger partial charge is 0.393 e. The highest BCUT2D eigenvalue weighted by molar-refractivity contribution is 5.77. The lowest BCUT2D eigenvalue weighted by atomic mass is 9.80. The maximum atomic E-state index is 12.0. The van der Waals surface area contributed by atoms with E-state index in [2.05, 4.69) is 5.32 Å². The second-order valence-electron chi connectivity index (χ2n) is 6.52. The molecule has 0 heterocycles. The highest BCUT2D eigenvalue weighted by atomic mass is 16.3. The van der Waals surface area contributed by atoms with Crippen molar-refractivity contribution in [3.8, 4) is 0 Å². The van der Waals surface area contributed by atoms with Crippen LogP contribution in [-0.4, -0.2) is 29.2 Å². The Morgan fingerprint density at radius 2 is 1.84 bits per heavy atom. The summed E-state index contributed by atoms with van der Waals surface area (Å²) in [5.74, 6) is 0.292. The number of amides is 1. The Kier molecular flexibility index (Phi) is 5.22. The molecule has 2 atom stereocenters. The first-order valence-electron chi connectivity index (χ1n) is 7.83. The van der Waals surface area contributed by atoms with Crippen LogP contribution in [0.4, 0.5) is 0 Å². The van der Waals surface area contributed by atoms with Gasteiger partial charge < -0.3 is 16.2 Å². The van der Waals surface area contributed by atoms with Crippen LogP contribution in [0.2, 0.25) is 0 Å². The van der Waals surface area contributed by atoms with Gasteiger partial charge in [-0.3, -0.25) is 4.79 Å². The van der Waals surface area contributed by atoms with Gasteiger partial charge in [0, 0.05) is 24.4 Å². The van der Waals surface area contributed by atoms with E-state index < -0.39 is 0 Å². The zero-order valence-corrected chi connectivity index (χ0v) is 11.9. The molecule has 19 heavy (non-hydrogen) atoms. The van der Waals surface area contributed by atoms with Crippen LogP contribution in [0.3, 0.4) is 0 Å². The Morgan fingerprint density at radius 1 is 1.16 bits per heavy atom. The van der Waals surface area contributed by atoms with Crippen LogP contribution in [0.25, 0.3) is 0 Å². The molecule has 0 spiro atoms. The number of carbonyl (C=O) groups excluding carboxylic acids is 1. The van der Waals surface area contributed by atoms with Gasteiger partial charge in [-0.1, -0.05) is 32.1 Å². The van der Waals surface area contributed by atoms with Gasteiger partial charge in [-0.2, -0.15) is 0 Å². The molecule has 0 saturated heterocycles. The van der Waals surface area contributed by atoms with E-state index in [0.29, 0.717) is 13.0 Å². The second-order valence-corrected chi connectivity index (χ2v) is 6.52. The molecule has 0 aromatic heterocycles. The van der Waals surface area contributed by atoms with Crippen molar-refractivity contribution >= 4 is 5.91 Å². The highest BCUT2D eigenvalue weighted by Crippen LogP contribution is 2.28. The van der Waals surface area contributed by atoms with Gasteiger partial charge in [0.2, 0.25) is 5.91 Å². The van der Waals surface area contributed by atoms with E-state index in [0.717, 1.165) is 44.9 Å². The third-order valence-electron chi connectivity index (χ3n) is 4.79. The monoisotopic (exact) mass is 268 g/mol. The van der Waals surface area contributed by atoms with E-state index in [1.54, 1.807) is 0 Å². The molecular weight excluding hydrogens is 240 g/mol. The van der Waals surface area contributed by atoms with Crippen LogP contribution >= 0.6 is 0 Å². The van der Waals surface area contributed by atoms with Gasteiger partial charge in [0.05, 0.1) is 6.10 Å². The predicted molar refractivity (Wildman–Crippen MR) is 75.6 cm³/mol. The first-order valence-corrected chi connectivity index (χ1v) is 7.83. The van der Waals surface area contributed by atoms with Crippen molar-refractivity contribution in [2.24, 2.45) is 11.7 Å². The quantitative estimate of drug-likeness (QED) is 0.726. The van der Waals surface area contributed by atoms with Crippen LogP contribution in [0.5, 0.6) is 0 Å². The lowest BCUT2D eigenvalue weighted by molar-refractivity contribution is -0.123. The molecule has 4 nitrogen and oxygen atoms in total. The van der Waals surface area contributed by atoms with Gasteiger partial charge in [-0.15, -0.1) is 0 Å². The minimum absolute atomic E-state index is 0.0576. The first kappa shape index (κ1) is 14.8. The molecule has 110 valence electrons. The number of carbonyl (C=O) groups is 1. The molecule has 4 heteroatoms. The van der Waals surface area contributed by atoms with E-state index in [1.165, 1.54) is 12.8 Å². The van der Waals surface area contributed by atoms with Gasteiger partial charge >= 0.3 is 0 Å². The van der Waals surface area contributed by atoms with Crippen LogP contribution in [-0.2, 0) is 4.79 Å². The predicted octanol–water partition coefficient (Wildman–Crippen LogP) is 1.71. The van der Waals surface area contributed by atoms with Crippen LogP contribution in [0.1, 0.15) is 64.2 Å². The molecule has 0 radical (unpaired) electrons. The molecule has 2 saturated carbocycles. The normalized spacial score (nSPS) is 30.8. The molecule has 1 amide bonds. The minimum Gasteiger partial charge on any atom is -0.393 e. The van der Waals surface area contributed by atoms with Gasteiger partial charge in [-0.05, 0) is 25.7 Å². The summed E-state index contributed by atoms with van der Waals surface area (Å²) in [4.78, 5) is 12.0. The summed E-state index contributed by atoms with van der Waals surface area (Å²) in [6.07, 6.45) is 9.84. The SMILES string of the molecule is NC1(CC(=O)NCC2CCCCC2O)CCCCC1. The van der Waals surface area contributed by atoms with Crippen molar-refractivity contribution in [1.82, 2.24) is 5.32 Å². The summed E-state index contributed by atoms with van der Waals surface area (Å²) in [7, 11) is 0. The Balaban J connectivity index is 1.71. The molecule has 0 aromatic rings. The minimum atomic E-state index is -0.284. The number of hydrogen-bond acceptors (Lipinski definition) is 3. The number of nitrogens with one attached hydrogen (secondary N) is 1. The van der Waals surface area contributed by atoms with Crippen LogP contribution in [0.15, 0.2) is 0 Å². The molecule has 2 fully saturated rings. The summed E-state index contributed by atoms with van der Waals surface area (Å²) in [5.41, 5.74) is 6.00. The third-order valence-corrected chi connectivity index (χ3v) is 4.79. The summed E-state index contributed by atoms with van der Waals surface area (Å²) < 4.78 is 0. The fraction of sp³-hybridized carbons (Fsp3) is 0.933. The number of rotatable bonds is 4. The number of hydrogen-bond donors (Lipinski definition) is 3. The molecule has 0 aromatic carbocycles. The summed E-state index contributed by atoms with van der Waals surface area (Å²) in [6, 6.07) is 0. The number of aliphatic hydroxyl groups excluding tert-OH is 1. The third kappa shape index (κ3) is 4.46. The zero-order valence-electron chi connectivity index (χ0n) is 11.9. The first-order chi connectivity index (χ1) is 9.09. The maximum absolute atomic E-state index is 12.0. The Labute approximate surface area is 116 Å². The van der Waals surface area contributed by atoms with Crippen molar-refractivity contribution in [2.75, 3.05) is 6.54 Å². The van der Waals surface area contributed by atoms with Crippen LogP contribution in [0, 0.1) is 5.92 Å². The fourth-order valence-corrected chi connectivity index (χ4v) is 3.49. The van der Waals surface area contributed by atoms with Crippen molar-refractivity contribution in [1.29, 1.82) is 0 Å². The van der Waals surface area contributed by atoms with Crippen LogP contribution < -0.4 is 11.1 Å². The maximum Gasteiger partial charge on any atom is 0.221 e. The summed E-state index contributed by atoms with van der Waals surface area (Å²) in [5, 5.41) is 12.9. The van der Waals surface area contributed by atoms with E-state index in [-0.39, 0.29) is 23.5 Å². The molecule has 2 unspecified atom stereocenters. The van der Waals surface area contributed by atoms with Gasteiger partial charge in [-0.25, -0.2) is 0 Å². The Morgan fingerprint density at radius 3 is 2.53 bits per heavy atom. The fourth-order valence-electron chi connectivity index (χ4n) is 3.49. The molecule has 4 N–H and O–H groups in total. The average molecular weight is 268 g/mol. The molecule has 0 bridgehead atoms. The van der Waals surface area contributed by atoms with E-state index in [1.807, 2.05) is 0 Å². The van der Waals surface area contributed by atoms with Gasteiger partial charge in [0.15, 0.2) is 0 Å². The van der Waals surface area contributed by atoms with Crippen molar-refractivity contribution in [3.63, 3.8) is 0 Å². The molecule has 2 aliphatic rings. The van der Waals surface area contributed by atoms with E-state index in [4.69, 9.17) is 5.73 Å². The van der Waals surface area contributed by atoms with Gasteiger partial charge in [0.1, 0.15) is 0 Å². The molecule has 0 aliphatic heterocycles. The summed E-state index contributed by atoms with van der Waals surface area (Å²) >= 11 is 0. The lowest BCUT2D eigenvalue weighted by Crippen LogP contribution is -2.47. The zero-order chi connectivity index (χ0) is 13.7. The molecule has 2 aliphatic carbocycles. The van der Waals surface area contributed by atoms with Gasteiger partial charge in [0.25, 0.3) is 0 Å². The number of aliphatic hydroxyl groups is 1. The highest BCUT2D eigenvalue weighted by Gasteiger charge is 2.30. The van der Waals surface area contributed by atoms with E-state index >= 15 is 0 Å². The summed E-state index contributed by atoms with van der Waals surface area (Å²) in [6.45, 7) is 0.607.